The van der Waals surface area contributed by atoms with E-state index < -0.39 is 0 Å². The molecule has 0 radical (unpaired) electrons. The highest BCUT2D eigenvalue weighted by Crippen LogP contribution is 2.24. The van der Waals surface area contributed by atoms with Gasteiger partial charge in [-0.3, -0.25) is 9.69 Å². The number of phenolic OH excluding ortho intramolecular Hbond substituents is 2. The van der Waals surface area contributed by atoms with Gasteiger partial charge >= 0.3 is 0 Å². The second-order valence-electron chi connectivity index (χ2n) is 5.29. The summed E-state index contributed by atoms with van der Waals surface area (Å²) in [5.41, 5.74) is 0.169. The van der Waals surface area contributed by atoms with E-state index in [2.05, 4.69) is 18.7 Å². The number of carbonyl (C=O) groups is 1. The van der Waals surface area contributed by atoms with Crippen molar-refractivity contribution in [2.24, 2.45) is 0 Å². The average Bonchev–Trinajstić information content (AvgIpc) is 2.48. The van der Waals surface area contributed by atoms with Crippen molar-refractivity contribution in [1.82, 2.24) is 9.80 Å². The Bertz CT molecular complexity index is 482. The van der Waals surface area contributed by atoms with Crippen LogP contribution in [0.3, 0.4) is 0 Å². The second-order valence-corrected chi connectivity index (χ2v) is 5.29. The third-order valence-electron chi connectivity index (χ3n) is 4.03. The average molecular weight is 278 g/mol. The Kier molecular flexibility index (Phi) is 4.49. The summed E-state index contributed by atoms with van der Waals surface area (Å²) >= 11 is 0. The van der Waals surface area contributed by atoms with Crippen LogP contribution in [0.5, 0.6) is 11.5 Å². The monoisotopic (exact) mass is 278 g/mol. The van der Waals surface area contributed by atoms with Gasteiger partial charge in [0.15, 0.2) is 0 Å². The maximum Gasteiger partial charge on any atom is 0.257 e. The van der Waals surface area contributed by atoms with Gasteiger partial charge in [-0.15, -0.1) is 0 Å². The van der Waals surface area contributed by atoms with Crippen LogP contribution in [0.15, 0.2) is 18.2 Å². The molecule has 1 atom stereocenters. The molecular weight excluding hydrogens is 256 g/mol. The van der Waals surface area contributed by atoms with Crippen LogP contribution >= 0.6 is 0 Å². The minimum atomic E-state index is -0.220. The van der Waals surface area contributed by atoms with Crippen LogP contribution in [-0.4, -0.2) is 58.1 Å². The zero-order valence-corrected chi connectivity index (χ0v) is 12.0. The summed E-state index contributed by atoms with van der Waals surface area (Å²) in [5, 5.41) is 19.2. The molecule has 20 heavy (non-hydrogen) atoms. The van der Waals surface area contributed by atoms with Gasteiger partial charge in [0.25, 0.3) is 5.91 Å². The highest BCUT2D eigenvalue weighted by atomic mass is 16.3. The fourth-order valence-corrected chi connectivity index (χ4v) is 2.49. The predicted molar refractivity (Wildman–Crippen MR) is 77.0 cm³/mol. The third kappa shape index (κ3) is 3.04. The molecule has 5 heteroatoms. The van der Waals surface area contributed by atoms with Crippen LogP contribution in [0.1, 0.15) is 30.6 Å². The van der Waals surface area contributed by atoms with E-state index in [0.717, 1.165) is 19.5 Å². The first kappa shape index (κ1) is 14.7. The molecule has 0 aliphatic carbocycles. The van der Waals surface area contributed by atoms with Gasteiger partial charge in [-0.25, -0.2) is 0 Å². The van der Waals surface area contributed by atoms with Crippen LogP contribution in [0.25, 0.3) is 0 Å². The molecule has 1 aromatic carbocycles. The van der Waals surface area contributed by atoms with E-state index in [0.29, 0.717) is 19.1 Å². The second kappa shape index (κ2) is 6.13. The summed E-state index contributed by atoms with van der Waals surface area (Å²) < 4.78 is 0. The number of piperazine rings is 1. The summed E-state index contributed by atoms with van der Waals surface area (Å²) in [6.07, 6.45) is 1.10. The molecule has 1 saturated heterocycles. The summed E-state index contributed by atoms with van der Waals surface area (Å²) in [6.45, 7) is 7.35. The standard InChI is InChI=1S/C15H22N2O3/c1-3-11(2)16-6-8-17(9-7-16)15(20)13-10-12(18)4-5-14(13)19/h4-5,10-11,18-19H,3,6-9H2,1-2H3. The van der Waals surface area contributed by atoms with Crippen LogP contribution in [0, 0.1) is 0 Å². The Labute approximate surface area is 119 Å². The molecule has 1 aliphatic rings. The van der Waals surface area contributed by atoms with Crippen LogP contribution in [-0.2, 0) is 0 Å². The maximum absolute atomic E-state index is 12.4. The van der Waals surface area contributed by atoms with Crippen molar-refractivity contribution in [1.29, 1.82) is 0 Å². The molecular formula is C15H22N2O3. The minimum absolute atomic E-state index is 0.00982. The van der Waals surface area contributed by atoms with E-state index >= 15 is 0 Å². The van der Waals surface area contributed by atoms with Gasteiger partial charge in [-0.05, 0) is 31.5 Å². The van der Waals surface area contributed by atoms with Crippen molar-refractivity contribution < 1.29 is 15.0 Å². The maximum atomic E-state index is 12.4. The van der Waals surface area contributed by atoms with Gasteiger partial charge < -0.3 is 15.1 Å². The smallest absolute Gasteiger partial charge is 0.257 e. The fourth-order valence-electron chi connectivity index (χ4n) is 2.49. The molecule has 1 fully saturated rings. The lowest BCUT2D eigenvalue weighted by Crippen LogP contribution is -2.51. The quantitative estimate of drug-likeness (QED) is 0.825. The van der Waals surface area contributed by atoms with E-state index in [1.54, 1.807) is 4.90 Å². The number of hydrogen-bond donors (Lipinski definition) is 2. The number of benzene rings is 1. The van der Waals surface area contributed by atoms with Gasteiger partial charge in [0.05, 0.1) is 5.56 Å². The van der Waals surface area contributed by atoms with Crippen molar-refractivity contribution in [2.75, 3.05) is 26.2 Å². The van der Waals surface area contributed by atoms with E-state index in [-0.39, 0.29) is 23.0 Å². The highest BCUT2D eigenvalue weighted by Gasteiger charge is 2.25. The summed E-state index contributed by atoms with van der Waals surface area (Å²) in [5.74, 6) is -0.316. The Morgan fingerprint density at radius 1 is 1.25 bits per heavy atom. The number of rotatable bonds is 3. The number of aromatic hydroxyl groups is 2. The van der Waals surface area contributed by atoms with Gasteiger partial charge in [-0.2, -0.15) is 0 Å². The number of hydrogen-bond acceptors (Lipinski definition) is 4. The van der Waals surface area contributed by atoms with E-state index in [1.807, 2.05) is 0 Å². The molecule has 1 aromatic rings. The lowest BCUT2D eigenvalue weighted by Gasteiger charge is -2.37. The van der Waals surface area contributed by atoms with Crippen molar-refractivity contribution >= 4 is 5.91 Å². The normalized spacial score (nSPS) is 18.0. The molecule has 1 unspecified atom stereocenters. The summed E-state index contributed by atoms with van der Waals surface area (Å²) in [4.78, 5) is 16.5. The van der Waals surface area contributed by atoms with Crippen LogP contribution in [0.4, 0.5) is 0 Å². The first-order valence-corrected chi connectivity index (χ1v) is 7.08. The number of amides is 1. The summed E-state index contributed by atoms with van der Waals surface area (Å²) in [6, 6.07) is 4.56. The van der Waals surface area contributed by atoms with Crippen molar-refractivity contribution in [3.05, 3.63) is 23.8 Å². The molecule has 1 amide bonds. The molecule has 5 nitrogen and oxygen atoms in total. The van der Waals surface area contributed by atoms with Gasteiger partial charge in [0, 0.05) is 32.2 Å². The highest BCUT2D eigenvalue weighted by molar-refractivity contribution is 5.97. The molecule has 0 aromatic heterocycles. The first-order valence-electron chi connectivity index (χ1n) is 7.08. The lowest BCUT2D eigenvalue weighted by atomic mass is 10.1. The Balaban J connectivity index is 2.03. The minimum Gasteiger partial charge on any atom is -0.508 e. The molecule has 0 bridgehead atoms. The zero-order valence-electron chi connectivity index (χ0n) is 12.0. The van der Waals surface area contributed by atoms with Gasteiger partial charge in [-0.1, -0.05) is 6.92 Å². The lowest BCUT2D eigenvalue weighted by molar-refractivity contribution is 0.0576. The molecule has 2 rings (SSSR count). The first-order chi connectivity index (χ1) is 9.52. The number of carbonyl (C=O) groups excluding carboxylic acids is 1. The largest absolute Gasteiger partial charge is 0.508 e. The van der Waals surface area contributed by atoms with Gasteiger partial charge in [0.1, 0.15) is 11.5 Å². The van der Waals surface area contributed by atoms with E-state index in [1.165, 1.54) is 18.2 Å². The van der Waals surface area contributed by atoms with E-state index in [4.69, 9.17) is 0 Å². The van der Waals surface area contributed by atoms with Crippen molar-refractivity contribution in [2.45, 2.75) is 26.3 Å². The predicted octanol–water partition coefficient (Wildman–Crippen LogP) is 1.65. The Morgan fingerprint density at radius 3 is 2.50 bits per heavy atom. The van der Waals surface area contributed by atoms with Gasteiger partial charge in [0.2, 0.25) is 0 Å². The SMILES string of the molecule is CCC(C)N1CCN(C(=O)c2cc(O)ccc2O)CC1. The topological polar surface area (TPSA) is 64.0 Å². The third-order valence-corrected chi connectivity index (χ3v) is 4.03. The van der Waals surface area contributed by atoms with Crippen LogP contribution in [0.2, 0.25) is 0 Å². The van der Waals surface area contributed by atoms with Crippen LogP contribution < -0.4 is 0 Å². The van der Waals surface area contributed by atoms with Crippen molar-refractivity contribution in [3.8, 4) is 11.5 Å². The molecule has 1 aliphatic heterocycles. The molecule has 1 heterocycles. The Hall–Kier alpha value is -1.75. The molecule has 110 valence electrons. The molecule has 0 saturated carbocycles. The Morgan fingerprint density at radius 2 is 1.90 bits per heavy atom. The molecule has 0 spiro atoms. The zero-order chi connectivity index (χ0) is 14.7. The van der Waals surface area contributed by atoms with Crippen molar-refractivity contribution in [3.63, 3.8) is 0 Å². The number of nitrogens with zero attached hydrogens (tertiary/aromatic N) is 2. The van der Waals surface area contributed by atoms with E-state index in [9.17, 15) is 15.0 Å². The summed E-state index contributed by atoms with van der Waals surface area (Å²) in [7, 11) is 0. The number of phenols is 2. The fraction of sp³-hybridized carbons (Fsp3) is 0.533. The molecule has 2 N–H and O–H groups in total.